The first-order chi connectivity index (χ1) is 17.5. The lowest BCUT2D eigenvalue weighted by Gasteiger charge is -2.32. The largest absolute Gasteiger partial charge is 0.492 e. The van der Waals surface area contributed by atoms with Crippen LogP contribution in [0, 0.1) is 5.92 Å². The molecule has 2 unspecified atom stereocenters. The molecule has 0 aliphatic carbocycles. The van der Waals surface area contributed by atoms with Crippen LogP contribution in [0.3, 0.4) is 0 Å². The van der Waals surface area contributed by atoms with Crippen LogP contribution in [0.25, 0.3) is 0 Å². The number of ketones is 1. The maximum Gasteiger partial charge on any atom is 0.220 e. The number of aldehydes is 1. The molecule has 0 amide bonds. The molecule has 6 nitrogen and oxygen atoms in total. The van der Waals surface area contributed by atoms with Crippen LogP contribution in [0.15, 0.2) is 66.9 Å². The molecule has 0 radical (unpaired) electrons. The third kappa shape index (κ3) is 6.12. The molecule has 0 spiro atoms. The molecule has 2 heterocycles. The van der Waals surface area contributed by atoms with Gasteiger partial charge in [-0.05, 0) is 19.1 Å². The predicted octanol–water partition coefficient (Wildman–Crippen LogP) is 6.33. The van der Waals surface area contributed by atoms with E-state index in [-0.39, 0.29) is 48.5 Å². The van der Waals surface area contributed by atoms with E-state index in [2.05, 4.69) is 4.98 Å². The number of hydrogen-bond acceptors (Lipinski definition) is 6. The topological polar surface area (TPSA) is 74.7 Å². The molecular formula is C27H26Cl3NO5. The van der Waals surface area contributed by atoms with Crippen LogP contribution in [-0.2, 0) is 10.4 Å². The lowest BCUT2D eigenvalue weighted by atomic mass is 9.77. The predicted molar refractivity (Wildman–Crippen MR) is 142 cm³/mol. The average Bonchev–Trinajstić information content (AvgIpc) is 3.18. The smallest absolute Gasteiger partial charge is 0.220 e. The van der Waals surface area contributed by atoms with Gasteiger partial charge in [0.1, 0.15) is 42.3 Å². The number of halogens is 3. The molecule has 0 saturated heterocycles. The van der Waals surface area contributed by atoms with Crippen LogP contribution in [0.5, 0.6) is 17.2 Å². The van der Waals surface area contributed by atoms with E-state index in [0.717, 1.165) is 6.29 Å². The van der Waals surface area contributed by atoms with Gasteiger partial charge in [-0.25, -0.2) is 0 Å². The number of alkyl halides is 2. The minimum atomic E-state index is -1.64. The van der Waals surface area contributed by atoms with Crippen molar-refractivity contribution in [2.45, 2.75) is 18.9 Å². The van der Waals surface area contributed by atoms with Gasteiger partial charge in [-0.2, -0.15) is 0 Å². The summed E-state index contributed by atoms with van der Waals surface area (Å²) in [5.74, 6) is 0.350. The number of carbonyl (C=O) groups excluding carboxylic acids is 2. The highest BCUT2D eigenvalue weighted by Gasteiger charge is 2.56. The normalized spacial score (nSPS) is 18.1. The van der Waals surface area contributed by atoms with E-state index in [4.69, 9.17) is 49.0 Å². The number of ether oxygens (including phenoxy) is 3. The molecule has 0 saturated carbocycles. The van der Waals surface area contributed by atoms with Crippen molar-refractivity contribution in [1.29, 1.82) is 0 Å². The first kappa shape index (κ1) is 27.8. The minimum absolute atomic E-state index is 0.00542. The molecule has 1 aromatic heterocycles. The van der Waals surface area contributed by atoms with Gasteiger partial charge >= 0.3 is 0 Å². The second-order valence-electron chi connectivity index (χ2n) is 7.70. The number of fused-ring (bicyclic) bond motifs is 1. The monoisotopic (exact) mass is 549 g/mol. The Morgan fingerprint density at radius 2 is 1.83 bits per heavy atom. The fourth-order valence-electron chi connectivity index (χ4n) is 3.90. The molecule has 2 aromatic rings. The number of aromatic nitrogens is 1. The Morgan fingerprint density at radius 3 is 2.50 bits per heavy atom. The zero-order chi connectivity index (χ0) is 26.0. The molecular weight excluding hydrogens is 525 g/mol. The molecule has 190 valence electrons. The number of carbonyl (C=O) groups is 2. The van der Waals surface area contributed by atoms with Crippen molar-refractivity contribution in [2.24, 2.45) is 5.92 Å². The number of Topliss-reactive ketones (excluding diaryl/α,β-unsaturated/α-hetero) is 1. The van der Waals surface area contributed by atoms with Gasteiger partial charge in [-0.3, -0.25) is 9.78 Å². The molecule has 9 heteroatoms. The van der Waals surface area contributed by atoms with Crippen molar-refractivity contribution < 1.29 is 23.8 Å². The van der Waals surface area contributed by atoms with E-state index in [9.17, 15) is 9.59 Å². The fourth-order valence-corrected chi connectivity index (χ4v) is 4.16. The zero-order valence-corrected chi connectivity index (χ0v) is 21.9. The van der Waals surface area contributed by atoms with Gasteiger partial charge in [0.25, 0.3) is 0 Å². The lowest BCUT2D eigenvalue weighted by molar-refractivity contribution is -0.109. The van der Waals surface area contributed by atoms with Gasteiger partial charge < -0.3 is 19.0 Å². The molecule has 0 bridgehead atoms. The van der Waals surface area contributed by atoms with Crippen molar-refractivity contribution in [1.82, 2.24) is 4.98 Å². The Balaban J connectivity index is 2.19. The second-order valence-corrected chi connectivity index (χ2v) is 8.89. The zero-order valence-electron chi connectivity index (χ0n) is 19.7. The molecule has 3 rings (SSSR count). The second kappa shape index (κ2) is 13.5. The summed E-state index contributed by atoms with van der Waals surface area (Å²) in [6.07, 6.45) is 13.1. The third-order valence-corrected chi connectivity index (χ3v) is 5.94. The maximum atomic E-state index is 14.2. The van der Waals surface area contributed by atoms with E-state index in [1.54, 1.807) is 42.5 Å². The molecule has 1 aromatic carbocycles. The highest BCUT2D eigenvalue weighted by molar-refractivity contribution is 6.30. The summed E-state index contributed by atoms with van der Waals surface area (Å²) in [5.41, 5.74) is -1.10. The van der Waals surface area contributed by atoms with Crippen molar-refractivity contribution in [3.05, 3.63) is 83.2 Å². The van der Waals surface area contributed by atoms with Crippen molar-refractivity contribution >= 4 is 46.9 Å². The van der Waals surface area contributed by atoms with Crippen LogP contribution in [-0.4, -0.2) is 42.0 Å². The summed E-state index contributed by atoms with van der Waals surface area (Å²) in [5, 5.41) is 0.400. The van der Waals surface area contributed by atoms with Crippen molar-refractivity contribution in [3.63, 3.8) is 0 Å². The van der Waals surface area contributed by atoms with Crippen LogP contribution < -0.4 is 14.2 Å². The van der Waals surface area contributed by atoms with Gasteiger partial charge in [0.2, 0.25) is 11.4 Å². The molecule has 1 aliphatic heterocycles. The van der Waals surface area contributed by atoms with E-state index in [0.29, 0.717) is 16.5 Å². The summed E-state index contributed by atoms with van der Waals surface area (Å²) >= 11 is 17.7. The van der Waals surface area contributed by atoms with E-state index in [1.807, 2.05) is 25.2 Å². The van der Waals surface area contributed by atoms with Crippen LogP contribution in [0.2, 0.25) is 5.02 Å². The van der Waals surface area contributed by atoms with Gasteiger partial charge in [0.05, 0.1) is 22.5 Å². The lowest BCUT2D eigenvalue weighted by Crippen LogP contribution is -2.45. The van der Waals surface area contributed by atoms with Crippen LogP contribution >= 0.6 is 34.8 Å². The molecule has 36 heavy (non-hydrogen) atoms. The summed E-state index contributed by atoms with van der Waals surface area (Å²) in [4.78, 5) is 30.4. The number of benzene rings is 1. The molecule has 0 fully saturated rings. The number of hydrogen-bond donors (Lipinski definition) is 0. The standard InChI is InChI=1S/C27H26Cl3NO5/c1-2-3-4-5-6-7-19(10-13-32)27(24-9-8-20(30)18-31-24)26(33)25-22(35-15-12-29)16-21(34-14-11-28)17-23(25)36-27/h2-9,13,16-19H,10-12,14-15H2,1H3/b3-2-,5-4-,7-6+. The van der Waals surface area contributed by atoms with Crippen molar-refractivity contribution in [2.75, 3.05) is 25.0 Å². The summed E-state index contributed by atoms with van der Waals surface area (Å²) in [6.45, 7) is 2.32. The van der Waals surface area contributed by atoms with E-state index < -0.39 is 17.3 Å². The first-order valence-electron chi connectivity index (χ1n) is 11.3. The van der Waals surface area contributed by atoms with Crippen molar-refractivity contribution in [3.8, 4) is 17.2 Å². The van der Waals surface area contributed by atoms with Crippen LogP contribution in [0.1, 0.15) is 29.4 Å². The Hall–Kier alpha value is -2.80. The van der Waals surface area contributed by atoms with Gasteiger partial charge in [0.15, 0.2) is 0 Å². The molecule has 2 atom stereocenters. The summed E-state index contributed by atoms with van der Waals surface area (Å²) < 4.78 is 17.9. The average molecular weight is 551 g/mol. The third-order valence-electron chi connectivity index (χ3n) is 5.40. The van der Waals surface area contributed by atoms with E-state index in [1.165, 1.54) is 6.20 Å². The van der Waals surface area contributed by atoms with Gasteiger partial charge in [-0.1, -0.05) is 48.1 Å². The number of rotatable bonds is 13. The van der Waals surface area contributed by atoms with Crippen LogP contribution in [0.4, 0.5) is 0 Å². The minimum Gasteiger partial charge on any atom is -0.492 e. The highest BCUT2D eigenvalue weighted by atomic mass is 35.5. The number of nitrogens with zero attached hydrogens (tertiary/aromatic N) is 1. The Bertz CT molecular complexity index is 1150. The summed E-state index contributed by atoms with van der Waals surface area (Å²) in [6, 6.07) is 6.46. The Morgan fingerprint density at radius 1 is 1.08 bits per heavy atom. The fraction of sp³-hybridized carbons (Fsp3) is 0.296. The van der Waals surface area contributed by atoms with E-state index >= 15 is 0 Å². The first-order valence-corrected chi connectivity index (χ1v) is 12.8. The number of pyridine rings is 1. The Kier molecular flexibility index (Phi) is 10.4. The SMILES string of the molecule is C\C=C/C=C\C=C\C(CC=O)C1(c2ccc(Cl)cn2)Oc2cc(OCCCl)cc(OCCCl)c2C1=O. The summed E-state index contributed by atoms with van der Waals surface area (Å²) in [7, 11) is 0. The maximum absolute atomic E-state index is 14.2. The molecule has 1 aliphatic rings. The number of allylic oxidation sites excluding steroid dienone is 5. The van der Waals surface area contributed by atoms with Gasteiger partial charge in [-0.15, -0.1) is 23.2 Å². The highest BCUT2D eigenvalue weighted by Crippen LogP contribution is 2.51. The van der Waals surface area contributed by atoms with Gasteiger partial charge in [0, 0.05) is 30.7 Å². The Labute approximate surface area is 225 Å². The molecule has 0 N–H and O–H groups in total. The quantitative estimate of drug-likeness (QED) is 0.165.